The van der Waals surface area contributed by atoms with E-state index in [4.69, 9.17) is 4.74 Å². The van der Waals surface area contributed by atoms with Crippen LogP contribution >= 0.6 is 0 Å². The molecular formula is C20H27N5O3. The van der Waals surface area contributed by atoms with Gasteiger partial charge >= 0.3 is 0 Å². The fraction of sp³-hybridized carbons (Fsp3) is 0.500. The maximum atomic E-state index is 13.0. The van der Waals surface area contributed by atoms with Crippen LogP contribution in [0, 0.1) is 0 Å². The van der Waals surface area contributed by atoms with Gasteiger partial charge in [-0.25, -0.2) is 4.98 Å². The van der Waals surface area contributed by atoms with E-state index in [-0.39, 0.29) is 11.8 Å². The molecule has 0 saturated heterocycles. The Morgan fingerprint density at radius 1 is 1.29 bits per heavy atom. The molecule has 0 fully saturated rings. The number of rotatable bonds is 8. The van der Waals surface area contributed by atoms with E-state index in [1.807, 2.05) is 16.7 Å². The summed E-state index contributed by atoms with van der Waals surface area (Å²) in [6.45, 7) is 2.13. The molecule has 0 aromatic carbocycles. The lowest BCUT2D eigenvalue weighted by Crippen LogP contribution is -2.32. The normalized spacial score (nSPS) is 13.1. The van der Waals surface area contributed by atoms with Gasteiger partial charge in [0.05, 0.1) is 12.3 Å². The van der Waals surface area contributed by atoms with Gasteiger partial charge in [-0.3, -0.25) is 14.6 Å². The van der Waals surface area contributed by atoms with Gasteiger partial charge in [-0.2, -0.15) is 0 Å². The number of imidazole rings is 1. The van der Waals surface area contributed by atoms with Crippen LogP contribution in [0.5, 0.6) is 0 Å². The number of hydrogen-bond acceptors (Lipinski definition) is 5. The molecule has 1 aliphatic rings. The van der Waals surface area contributed by atoms with Gasteiger partial charge in [0.2, 0.25) is 0 Å². The van der Waals surface area contributed by atoms with E-state index in [2.05, 4.69) is 15.3 Å². The maximum absolute atomic E-state index is 13.0. The van der Waals surface area contributed by atoms with E-state index in [1.165, 1.54) is 0 Å². The molecule has 8 nitrogen and oxygen atoms in total. The molecule has 0 radical (unpaired) electrons. The first-order valence-electron chi connectivity index (χ1n) is 9.62. The number of hydrogen-bond donors (Lipinski definition) is 1. The minimum atomic E-state index is -0.249. The molecule has 3 rings (SSSR count). The summed E-state index contributed by atoms with van der Waals surface area (Å²) in [5.41, 5.74) is 2.34. The minimum Gasteiger partial charge on any atom is -0.383 e. The Balaban J connectivity index is 1.74. The largest absolute Gasteiger partial charge is 0.383 e. The van der Waals surface area contributed by atoms with Crippen molar-refractivity contribution in [1.82, 2.24) is 24.8 Å². The second-order valence-corrected chi connectivity index (χ2v) is 6.92. The van der Waals surface area contributed by atoms with Gasteiger partial charge in [-0.15, -0.1) is 0 Å². The number of amides is 2. The van der Waals surface area contributed by atoms with Crippen molar-refractivity contribution in [3.05, 3.63) is 47.3 Å². The maximum Gasteiger partial charge on any atom is 0.289 e. The van der Waals surface area contributed by atoms with Gasteiger partial charge in [0.1, 0.15) is 5.69 Å². The smallest absolute Gasteiger partial charge is 0.289 e. The van der Waals surface area contributed by atoms with Gasteiger partial charge in [-0.05, 0) is 43.4 Å². The van der Waals surface area contributed by atoms with E-state index in [9.17, 15) is 9.59 Å². The average molecular weight is 385 g/mol. The molecule has 0 saturated carbocycles. The highest BCUT2D eigenvalue weighted by molar-refractivity contribution is 5.97. The van der Waals surface area contributed by atoms with Crippen molar-refractivity contribution in [2.45, 2.75) is 32.2 Å². The van der Waals surface area contributed by atoms with E-state index >= 15 is 0 Å². The van der Waals surface area contributed by atoms with Crippen molar-refractivity contribution < 1.29 is 14.3 Å². The van der Waals surface area contributed by atoms with Crippen LogP contribution in [0.15, 0.2) is 24.5 Å². The summed E-state index contributed by atoms with van der Waals surface area (Å²) in [6.07, 6.45) is 6.97. The lowest BCUT2D eigenvalue weighted by molar-refractivity contribution is 0.0778. The van der Waals surface area contributed by atoms with Gasteiger partial charge < -0.3 is 19.5 Å². The topological polar surface area (TPSA) is 89.3 Å². The summed E-state index contributed by atoms with van der Waals surface area (Å²) >= 11 is 0. The Morgan fingerprint density at radius 2 is 2.07 bits per heavy atom. The molecule has 0 atom stereocenters. The fourth-order valence-electron chi connectivity index (χ4n) is 3.36. The predicted octanol–water partition coefficient (Wildman–Crippen LogP) is 1.31. The molecule has 8 heteroatoms. The Hall–Kier alpha value is -2.74. The minimum absolute atomic E-state index is 0.159. The van der Waals surface area contributed by atoms with Crippen molar-refractivity contribution >= 4 is 11.8 Å². The monoisotopic (exact) mass is 385 g/mol. The summed E-state index contributed by atoms with van der Waals surface area (Å²) in [7, 11) is 3.36. The molecule has 1 aliphatic heterocycles. The number of pyridine rings is 1. The molecule has 2 aromatic rings. The van der Waals surface area contributed by atoms with Crippen molar-refractivity contribution in [3.63, 3.8) is 0 Å². The Kier molecular flexibility index (Phi) is 6.76. The molecule has 0 bridgehead atoms. The third-order valence-electron chi connectivity index (χ3n) is 4.95. The first-order chi connectivity index (χ1) is 13.6. The van der Waals surface area contributed by atoms with Crippen LogP contribution in [-0.4, -0.2) is 65.1 Å². The molecule has 0 aliphatic carbocycles. The zero-order valence-corrected chi connectivity index (χ0v) is 16.5. The van der Waals surface area contributed by atoms with Gasteiger partial charge in [0.25, 0.3) is 11.8 Å². The highest BCUT2D eigenvalue weighted by Crippen LogP contribution is 2.22. The average Bonchev–Trinajstić information content (AvgIpc) is 3.12. The van der Waals surface area contributed by atoms with E-state index in [0.29, 0.717) is 37.8 Å². The second kappa shape index (κ2) is 9.45. The van der Waals surface area contributed by atoms with Crippen LogP contribution < -0.4 is 5.32 Å². The molecule has 2 amide bonds. The number of fused-ring (bicyclic) bond motifs is 1. The number of nitrogens with one attached hydrogen (secondary N) is 1. The van der Waals surface area contributed by atoms with Crippen LogP contribution in [0.25, 0.3) is 0 Å². The molecule has 1 N–H and O–H groups in total. The van der Waals surface area contributed by atoms with Crippen molar-refractivity contribution in [3.8, 4) is 0 Å². The first kappa shape index (κ1) is 20.0. The molecule has 0 unspecified atom stereocenters. The van der Waals surface area contributed by atoms with E-state index < -0.39 is 0 Å². The zero-order chi connectivity index (χ0) is 19.9. The third kappa shape index (κ3) is 4.56. The quantitative estimate of drug-likeness (QED) is 0.692. The standard InChI is InChI=1S/C20H27N5O3/c1-24(13-8-15-6-9-21-10-7-15)20(27)18-23-17(19(26)22-11-14-28-2)16-5-3-4-12-25(16)18/h6-7,9-10H,3-5,8,11-14H2,1-2H3,(H,22,26). The number of carbonyl (C=O) groups excluding carboxylic acids is 2. The van der Waals surface area contributed by atoms with Crippen LogP contribution in [0.2, 0.25) is 0 Å². The van der Waals surface area contributed by atoms with Crippen molar-refractivity contribution in [2.75, 3.05) is 33.9 Å². The van der Waals surface area contributed by atoms with Crippen LogP contribution in [-0.2, 0) is 24.1 Å². The highest BCUT2D eigenvalue weighted by atomic mass is 16.5. The zero-order valence-electron chi connectivity index (χ0n) is 16.5. The number of ether oxygens (including phenoxy) is 1. The van der Waals surface area contributed by atoms with Gasteiger partial charge in [-0.1, -0.05) is 0 Å². The van der Waals surface area contributed by atoms with Crippen LogP contribution in [0.4, 0.5) is 0 Å². The van der Waals surface area contributed by atoms with Crippen molar-refractivity contribution in [2.24, 2.45) is 0 Å². The highest BCUT2D eigenvalue weighted by Gasteiger charge is 2.28. The van der Waals surface area contributed by atoms with E-state index in [0.717, 1.165) is 36.9 Å². The Bertz CT molecular complexity index is 819. The summed E-state index contributed by atoms with van der Waals surface area (Å²) in [5.74, 6) is -0.0573. The van der Waals surface area contributed by atoms with Gasteiger partial charge in [0, 0.05) is 46.2 Å². The Morgan fingerprint density at radius 3 is 2.82 bits per heavy atom. The van der Waals surface area contributed by atoms with Crippen LogP contribution in [0.3, 0.4) is 0 Å². The summed E-state index contributed by atoms with van der Waals surface area (Å²) in [4.78, 5) is 35.7. The van der Waals surface area contributed by atoms with Crippen LogP contribution in [0.1, 0.15) is 45.2 Å². The lowest BCUT2D eigenvalue weighted by Gasteiger charge is -2.20. The molecular weight excluding hydrogens is 358 g/mol. The molecule has 28 heavy (non-hydrogen) atoms. The molecule has 0 spiro atoms. The number of nitrogens with zero attached hydrogens (tertiary/aromatic N) is 4. The SMILES string of the molecule is COCCNC(=O)c1nc(C(=O)N(C)CCc2ccncc2)n2c1CCCC2. The summed E-state index contributed by atoms with van der Waals surface area (Å²) in [6, 6.07) is 3.89. The molecule has 150 valence electrons. The fourth-order valence-corrected chi connectivity index (χ4v) is 3.36. The second-order valence-electron chi connectivity index (χ2n) is 6.92. The summed E-state index contributed by atoms with van der Waals surface area (Å²) in [5, 5.41) is 2.81. The Labute approximate surface area is 164 Å². The van der Waals surface area contributed by atoms with Gasteiger partial charge in [0.15, 0.2) is 5.82 Å². The molecule has 2 aromatic heterocycles. The van der Waals surface area contributed by atoms with E-state index in [1.54, 1.807) is 31.5 Å². The number of likely N-dealkylation sites (N-methyl/N-ethyl adjacent to an activating group) is 1. The number of methoxy groups -OCH3 is 1. The molecule has 3 heterocycles. The number of aromatic nitrogens is 3. The summed E-state index contributed by atoms with van der Waals surface area (Å²) < 4.78 is 6.89. The first-order valence-corrected chi connectivity index (χ1v) is 9.62. The third-order valence-corrected chi connectivity index (χ3v) is 4.95. The lowest BCUT2D eigenvalue weighted by atomic mass is 10.1. The van der Waals surface area contributed by atoms with Crippen molar-refractivity contribution in [1.29, 1.82) is 0 Å². The predicted molar refractivity (Wildman–Crippen MR) is 104 cm³/mol. The number of carbonyl (C=O) groups is 2.